The molecule has 1 N–H and O–H groups in total. The van der Waals surface area contributed by atoms with Crippen molar-refractivity contribution in [3.8, 4) is 0 Å². The Morgan fingerprint density at radius 3 is 2.41 bits per heavy atom. The molecule has 0 radical (unpaired) electrons. The molecule has 0 aromatic heterocycles. The van der Waals surface area contributed by atoms with E-state index in [1.54, 1.807) is 36.4 Å². The van der Waals surface area contributed by atoms with E-state index < -0.39 is 27.5 Å². The minimum atomic E-state index is -3.62. The second kappa shape index (κ2) is 7.78. The molecule has 0 spiro atoms. The van der Waals surface area contributed by atoms with Crippen molar-refractivity contribution < 1.29 is 18.0 Å². The number of halogens is 1. The summed E-state index contributed by atoms with van der Waals surface area (Å²) in [6, 6.07) is 12.5. The van der Waals surface area contributed by atoms with Gasteiger partial charge >= 0.3 is 6.03 Å². The van der Waals surface area contributed by atoms with Gasteiger partial charge in [0.05, 0.1) is 11.4 Å². The summed E-state index contributed by atoms with van der Waals surface area (Å²) in [6.45, 7) is 1.77. The predicted octanol–water partition coefficient (Wildman–Crippen LogP) is 2.95. The second-order valence-corrected chi connectivity index (χ2v) is 9.61. The predicted molar refractivity (Wildman–Crippen MR) is 110 cm³/mol. The summed E-state index contributed by atoms with van der Waals surface area (Å²) < 4.78 is 25.9. The quantitative estimate of drug-likeness (QED) is 0.707. The van der Waals surface area contributed by atoms with E-state index in [-0.39, 0.29) is 11.4 Å². The van der Waals surface area contributed by atoms with Crippen LogP contribution in [0.2, 0.25) is 5.02 Å². The number of imide groups is 1. The van der Waals surface area contributed by atoms with Gasteiger partial charge in [0.15, 0.2) is 0 Å². The first-order chi connectivity index (χ1) is 13.6. The molecule has 3 rings (SSSR count). The van der Waals surface area contributed by atoms with Crippen molar-refractivity contribution in [3.63, 3.8) is 0 Å². The Morgan fingerprint density at radius 1 is 1.10 bits per heavy atom. The van der Waals surface area contributed by atoms with Gasteiger partial charge in [-0.3, -0.25) is 9.69 Å². The highest BCUT2D eigenvalue weighted by molar-refractivity contribution is 7.89. The van der Waals surface area contributed by atoms with Crippen LogP contribution >= 0.6 is 11.6 Å². The number of nitrogens with one attached hydrogen (secondary N) is 1. The second-order valence-electron chi connectivity index (χ2n) is 7.03. The smallest absolute Gasteiger partial charge is 0.319 e. The van der Waals surface area contributed by atoms with Gasteiger partial charge in [0.2, 0.25) is 10.0 Å². The number of carbonyl (C=O) groups excluding carboxylic acids is 2. The first-order valence-electron chi connectivity index (χ1n) is 9.03. The third kappa shape index (κ3) is 3.75. The molecule has 3 amide bonds. The van der Waals surface area contributed by atoms with E-state index >= 15 is 0 Å². The van der Waals surface area contributed by atoms with Crippen LogP contribution in [-0.2, 0) is 26.9 Å². The molecule has 1 saturated heterocycles. The van der Waals surface area contributed by atoms with E-state index in [4.69, 9.17) is 11.6 Å². The van der Waals surface area contributed by atoms with Gasteiger partial charge in [-0.2, -0.15) is 0 Å². The van der Waals surface area contributed by atoms with Gasteiger partial charge in [-0.15, -0.1) is 0 Å². The molecule has 29 heavy (non-hydrogen) atoms. The molecule has 1 atom stereocenters. The van der Waals surface area contributed by atoms with Gasteiger partial charge in [0.25, 0.3) is 5.91 Å². The number of amides is 3. The number of benzene rings is 2. The van der Waals surface area contributed by atoms with E-state index in [0.29, 0.717) is 22.6 Å². The number of carbonyl (C=O) groups is 2. The number of rotatable bonds is 6. The zero-order valence-electron chi connectivity index (χ0n) is 16.3. The molecular weight excluding hydrogens is 414 g/mol. The van der Waals surface area contributed by atoms with Gasteiger partial charge in [0, 0.05) is 19.1 Å². The molecule has 1 unspecified atom stereocenters. The molecule has 0 saturated carbocycles. The highest BCUT2D eigenvalue weighted by Crippen LogP contribution is 2.34. The van der Waals surface area contributed by atoms with Crippen molar-refractivity contribution in [3.05, 3.63) is 64.7 Å². The number of nitrogens with zero attached hydrogens (tertiary/aromatic N) is 2. The topological polar surface area (TPSA) is 86.8 Å². The number of hydrogen-bond acceptors (Lipinski definition) is 4. The molecule has 1 aliphatic heterocycles. The van der Waals surface area contributed by atoms with Crippen LogP contribution in [0.3, 0.4) is 0 Å². The number of sulfonamides is 1. The molecule has 1 fully saturated rings. The average molecular weight is 436 g/mol. The molecule has 0 aliphatic carbocycles. The fourth-order valence-electron chi connectivity index (χ4n) is 3.36. The Labute approximate surface area is 175 Å². The largest absolute Gasteiger partial charge is 0.325 e. The van der Waals surface area contributed by atoms with Crippen molar-refractivity contribution >= 4 is 33.6 Å². The van der Waals surface area contributed by atoms with E-state index in [1.807, 2.05) is 6.92 Å². The minimum absolute atomic E-state index is 0.0379. The SMILES string of the molecule is CCC1(c2cccc(Cl)c2)NC(=O)N(Cc2cccc(S(=O)(=O)N(C)C)c2)C1=O. The van der Waals surface area contributed by atoms with Crippen molar-refractivity contribution in [1.29, 1.82) is 0 Å². The molecule has 2 aromatic carbocycles. The lowest BCUT2D eigenvalue weighted by atomic mass is 9.87. The summed E-state index contributed by atoms with van der Waals surface area (Å²) in [5.41, 5.74) is -0.0540. The zero-order valence-corrected chi connectivity index (χ0v) is 17.9. The van der Waals surface area contributed by atoms with Gasteiger partial charge in [-0.25, -0.2) is 17.5 Å². The fourth-order valence-corrected chi connectivity index (χ4v) is 4.52. The van der Waals surface area contributed by atoms with Gasteiger partial charge in [-0.1, -0.05) is 42.8 Å². The molecule has 1 heterocycles. The lowest BCUT2D eigenvalue weighted by Crippen LogP contribution is -2.43. The number of hydrogen-bond donors (Lipinski definition) is 1. The van der Waals surface area contributed by atoms with E-state index in [9.17, 15) is 18.0 Å². The normalized spacial score (nSPS) is 19.7. The highest BCUT2D eigenvalue weighted by Gasteiger charge is 2.51. The van der Waals surface area contributed by atoms with Crippen LogP contribution in [0.5, 0.6) is 0 Å². The van der Waals surface area contributed by atoms with Crippen LogP contribution in [0.25, 0.3) is 0 Å². The molecule has 7 nitrogen and oxygen atoms in total. The minimum Gasteiger partial charge on any atom is -0.319 e. The summed E-state index contributed by atoms with van der Waals surface area (Å²) in [4.78, 5) is 27.1. The maximum absolute atomic E-state index is 13.2. The standard InChI is InChI=1S/C20H22ClN3O4S/c1-4-20(15-8-6-9-16(21)12-15)18(25)24(19(26)22-20)13-14-7-5-10-17(11-14)29(27,28)23(2)3/h5-12H,4,13H2,1-3H3,(H,22,26). The summed E-state index contributed by atoms with van der Waals surface area (Å²) in [5.74, 6) is -0.395. The van der Waals surface area contributed by atoms with E-state index in [1.165, 1.54) is 26.2 Å². The number of urea groups is 1. The summed E-state index contributed by atoms with van der Waals surface area (Å²) >= 11 is 6.08. The van der Waals surface area contributed by atoms with Crippen LogP contribution in [0.15, 0.2) is 53.4 Å². The van der Waals surface area contributed by atoms with E-state index in [0.717, 1.165) is 9.21 Å². The Morgan fingerprint density at radius 2 is 1.79 bits per heavy atom. The van der Waals surface area contributed by atoms with Crippen LogP contribution in [0.1, 0.15) is 24.5 Å². The summed E-state index contributed by atoms with van der Waals surface area (Å²) in [5, 5.41) is 3.27. The molecule has 1 aliphatic rings. The Kier molecular flexibility index (Phi) is 5.71. The van der Waals surface area contributed by atoms with Crippen molar-refractivity contribution in [2.24, 2.45) is 0 Å². The van der Waals surface area contributed by atoms with Gasteiger partial charge in [-0.05, 0) is 41.8 Å². The Hall–Kier alpha value is -2.42. The lowest BCUT2D eigenvalue weighted by molar-refractivity contribution is -0.132. The van der Waals surface area contributed by atoms with Crippen LogP contribution < -0.4 is 5.32 Å². The van der Waals surface area contributed by atoms with Crippen LogP contribution in [0, 0.1) is 0 Å². The van der Waals surface area contributed by atoms with E-state index in [2.05, 4.69) is 5.32 Å². The van der Waals surface area contributed by atoms with Crippen molar-refractivity contribution in [1.82, 2.24) is 14.5 Å². The van der Waals surface area contributed by atoms with Crippen LogP contribution in [-0.4, -0.2) is 43.7 Å². The van der Waals surface area contributed by atoms with Crippen LogP contribution in [0.4, 0.5) is 4.79 Å². The van der Waals surface area contributed by atoms with Gasteiger partial charge in [0.1, 0.15) is 5.54 Å². The first-order valence-corrected chi connectivity index (χ1v) is 10.9. The Bertz CT molecular complexity index is 1070. The first kappa shape index (κ1) is 21.3. The average Bonchev–Trinajstić information content (AvgIpc) is 2.93. The molecule has 154 valence electrons. The van der Waals surface area contributed by atoms with Crippen molar-refractivity contribution in [2.45, 2.75) is 30.3 Å². The maximum Gasteiger partial charge on any atom is 0.325 e. The Balaban J connectivity index is 1.94. The molecule has 2 aromatic rings. The third-order valence-corrected chi connectivity index (χ3v) is 7.09. The fraction of sp³-hybridized carbons (Fsp3) is 0.300. The maximum atomic E-state index is 13.2. The monoisotopic (exact) mass is 435 g/mol. The van der Waals surface area contributed by atoms with Gasteiger partial charge < -0.3 is 5.32 Å². The highest BCUT2D eigenvalue weighted by atomic mass is 35.5. The molecule has 9 heteroatoms. The zero-order chi connectivity index (χ0) is 21.4. The van der Waals surface area contributed by atoms with Crippen molar-refractivity contribution in [2.75, 3.05) is 14.1 Å². The molecule has 0 bridgehead atoms. The third-order valence-electron chi connectivity index (χ3n) is 5.04. The lowest BCUT2D eigenvalue weighted by Gasteiger charge is -2.26. The summed E-state index contributed by atoms with van der Waals surface area (Å²) in [6.07, 6.45) is 0.351. The molecular formula is C20H22ClN3O4S. The summed E-state index contributed by atoms with van der Waals surface area (Å²) in [7, 11) is -0.732.